The van der Waals surface area contributed by atoms with E-state index in [4.69, 9.17) is 4.74 Å². The molecule has 1 saturated heterocycles. The van der Waals surface area contributed by atoms with Crippen LogP contribution in [0.2, 0.25) is 0 Å². The number of aromatic amines is 1. The number of hydrogen-bond donors (Lipinski definition) is 2. The molecule has 0 atom stereocenters. The molecule has 1 aromatic carbocycles. The van der Waals surface area contributed by atoms with Gasteiger partial charge in [-0.1, -0.05) is 0 Å². The topological polar surface area (TPSA) is 105 Å². The summed E-state index contributed by atoms with van der Waals surface area (Å²) in [6, 6.07) is 3.49. The number of likely N-dealkylation sites (tertiary alicyclic amines) is 1. The van der Waals surface area contributed by atoms with E-state index in [2.05, 4.69) is 20.4 Å². The first-order valence-corrected chi connectivity index (χ1v) is 8.68. The van der Waals surface area contributed by atoms with E-state index >= 15 is 0 Å². The van der Waals surface area contributed by atoms with Gasteiger partial charge in [-0.2, -0.15) is 5.10 Å². The van der Waals surface area contributed by atoms with Crippen molar-refractivity contribution in [2.24, 2.45) is 7.05 Å². The Morgan fingerprint density at radius 2 is 2.07 bits per heavy atom. The molecule has 0 radical (unpaired) electrons. The van der Waals surface area contributed by atoms with Crippen molar-refractivity contribution in [3.63, 3.8) is 0 Å². The molecule has 0 aliphatic carbocycles. The standard InChI is InChI=1S/C18H20N6O3/c1-23-10-11(9-19-23)13-3-4-14(27-2)16-15(13)20-17(21-16)22-18(26)24-7-5-12(25)6-8-24/h3-4,9-10H,5-8H2,1-2H3,(H2,20,21,22,26). The summed E-state index contributed by atoms with van der Waals surface area (Å²) in [6.07, 6.45) is 4.46. The summed E-state index contributed by atoms with van der Waals surface area (Å²) in [5, 5.41) is 6.99. The lowest BCUT2D eigenvalue weighted by Gasteiger charge is -2.25. The Hall–Kier alpha value is -3.36. The Bertz CT molecular complexity index is 1010. The van der Waals surface area contributed by atoms with E-state index in [1.807, 2.05) is 25.4 Å². The molecule has 9 nitrogen and oxygen atoms in total. The van der Waals surface area contributed by atoms with Crippen LogP contribution in [0.1, 0.15) is 12.8 Å². The second-order valence-corrected chi connectivity index (χ2v) is 6.48. The van der Waals surface area contributed by atoms with Crippen molar-refractivity contribution in [3.8, 4) is 16.9 Å². The third-order valence-corrected chi connectivity index (χ3v) is 4.68. The number of anilines is 1. The number of rotatable bonds is 3. The summed E-state index contributed by atoms with van der Waals surface area (Å²) >= 11 is 0. The van der Waals surface area contributed by atoms with Gasteiger partial charge in [-0.15, -0.1) is 0 Å². The summed E-state index contributed by atoms with van der Waals surface area (Å²) in [5.74, 6) is 1.16. The van der Waals surface area contributed by atoms with Crippen molar-refractivity contribution in [1.82, 2.24) is 24.6 Å². The Balaban J connectivity index is 1.66. The molecule has 2 aromatic heterocycles. The van der Waals surface area contributed by atoms with Gasteiger partial charge >= 0.3 is 6.03 Å². The highest BCUT2D eigenvalue weighted by atomic mass is 16.5. The minimum absolute atomic E-state index is 0.189. The number of aryl methyl sites for hydroxylation is 1. The van der Waals surface area contributed by atoms with E-state index in [1.165, 1.54) is 0 Å². The molecule has 0 unspecified atom stereocenters. The summed E-state index contributed by atoms with van der Waals surface area (Å²) in [4.78, 5) is 33.1. The first kappa shape index (κ1) is 17.1. The summed E-state index contributed by atoms with van der Waals surface area (Å²) < 4.78 is 7.14. The van der Waals surface area contributed by atoms with Crippen LogP contribution in [0.5, 0.6) is 5.75 Å². The first-order valence-electron chi connectivity index (χ1n) is 8.68. The largest absolute Gasteiger partial charge is 0.494 e. The molecule has 9 heteroatoms. The zero-order valence-corrected chi connectivity index (χ0v) is 15.2. The first-order chi connectivity index (χ1) is 13.0. The number of imidazole rings is 1. The number of carbonyl (C=O) groups is 2. The minimum Gasteiger partial charge on any atom is -0.494 e. The van der Waals surface area contributed by atoms with Gasteiger partial charge in [0.25, 0.3) is 0 Å². The lowest BCUT2D eigenvalue weighted by molar-refractivity contribution is -0.120. The summed E-state index contributed by atoms with van der Waals surface area (Å²) in [7, 11) is 3.44. The molecule has 3 heterocycles. The van der Waals surface area contributed by atoms with Crippen LogP contribution in [0.4, 0.5) is 10.7 Å². The average Bonchev–Trinajstić information content (AvgIpc) is 3.27. The quantitative estimate of drug-likeness (QED) is 0.737. The Kier molecular flexibility index (Phi) is 4.27. The third-order valence-electron chi connectivity index (χ3n) is 4.68. The molecule has 2 amide bonds. The van der Waals surface area contributed by atoms with E-state index in [9.17, 15) is 9.59 Å². The van der Waals surface area contributed by atoms with Crippen LogP contribution in [0.3, 0.4) is 0 Å². The SMILES string of the molecule is COc1ccc(-c2cnn(C)c2)c2nc(NC(=O)N3CCC(=O)CC3)[nH]c12. The second kappa shape index (κ2) is 6.75. The highest BCUT2D eigenvalue weighted by Gasteiger charge is 2.22. The molecule has 1 aliphatic heterocycles. The van der Waals surface area contributed by atoms with E-state index in [-0.39, 0.29) is 11.8 Å². The molecule has 3 aromatic rings. The fraction of sp³-hybridized carbons (Fsp3) is 0.333. The molecule has 4 rings (SSSR count). The molecular formula is C18H20N6O3. The summed E-state index contributed by atoms with van der Waals surface area (Å²) in [5.41, 5.74) is 3.19. The molecule has 1 aliphatic rings. The van der Waals surface area contributed by atoms with E-state index in [0.29, 0.717) is 48.7 Å². The van der Waals surface area contributed by atoms with E-state index in [1.54, 1.807) is 22.9 Å². The molecule has 2 N–H and O–H groups in total. The lowest BCUT2D eigenvalue weighted by atomic mass is 10.1. The number of ether oxygens (including phenoxy) is 1. The molecule has 1 fully saturated rings. The van der Waals surface area contributed by atoms with Gasteiger partial charge in [0.05, 0.1) is 13.3 Å². The number of nitrogens with one attached hydrogen (secondary N) is 2. The van der Waals surface area contributed by atoms with Gasteiger partial charge in [0.15, 0.2) is 0 Å². The van der Waals surface area contributed by atoms with E-state index < -0.39 is 0 Å². The summed E-state index contributed by atoms with van der Waals surface area (Å²) in [6.45, 7) is 0.851. The zero-order chi connectivity index (χ0) is 19.0. The van der Waals surface area contributed by atoms with Crippen molar-refractivity contribution >= 4 is 28.8 Å². The van der Waals surface area contributed by atoms with Crippen LogP contribution in [-0.4, -0.2) is 56.7 Å². The minimum atomic E-state index is -0.275. The fourth-order valence-corrected chi connectivity index (χ4v) is 3.23. The monoisotopic (exact) mass is 368 g/mol. The van der Waals surface area contributed by atoms with Crippen LogP contribution in [0.15, 0.2) is 24.5 Å². The van der Waals surface area contributed by atoms with Gasteiger partial charge in [-0.05, 0) is 12.1 Å². The van der Waals surface area contributed by atoms with Gasteiger partial charge in [-0.3, -0.25) is 14.8 Å². The Labute approximate surface area is 155 Å². The van der Waals surface area contributed by atoms with Crippen LogP contribution >= 0.6 is 0 Å². The van der Waals surface area contributed by atoms with Crippen LogP contribution < -0.4 is 10.1 Å². The van der Waals surface area contributed by atoms with Gasteiger partial charge in [-0.25, -0.2) is 9.78 Å². The number of urea groups is 1. The van der Waals surface area contributed by atoms with Crippen molar-refractivity contribution in [2.45, 2.75) is 12.8 Å². The molecule has 0 bridgehead atoms. The number of methoxy groups -OCH3 is 1. The number of aromatic nitrogens is 4. The van der Waals surface area contributed by atoms with E-state index in [0.717, 1.165) is 11.1 Å². The zero-order valence-electron chi connectivity index (χ0n) is 15.2. The van der Waals surface area contributed by atoms with Crippen molar-refractivity contribution in [2.75, 3.05) is 25.5 Å². The highest BCUT2D eigenvalue weighted by Crippen LogP contribution is 2.33. The number of Topliss-reactive ketones (excluding diaryl/α,β-unsaturated/α-hetero) is 1. The number of fused-ring (bicyclic) bond motifs is 1. The normalized spacial score (nSPS) is 14.6. The molecular weight excluding hydrogens is 348 g/mol. The lowest BCUT2D eigenvalue weighted by Crippen LogP contribution is -2.41. The van der Waals surface area contributed by atoms with Crippen molar-refractivity contribution in [3.05, 3.63) is 24.5 Å². The maximum absolute atomic E-state index is 12.5. The van der Waals surface area contributed by atoms with Gasteiger partial charge < -0.3 is 14.6 Å². The predicted molar refractivity (Wildman–Crippen MR) is 99.7 cm³/mol. The van der Waals surface area contributed by atoms with Crippen LogP contribution in [0, 0.1) is 0 Å². The van der Waals surface area contributed by atoms with Crippen molar-refractivity contribution < 1.29 is 14.3 Å². The molecule has 0 saturated carbocycles. The number of carbonyl (C=O) groups excluding carboxylic acids is 2. The number of amides is 2. The fourth-order valence-electron chi connectivity index (χ4n) is 3.23. The van der Waals surface area contributed by atoms with Crippen LogP contribution in [-0.2, 0) is 11.8 Å². The van der Waals surface area contributed by atoms with Gasteiger partial charge in [0, 0.05) is 50.3 Å². The number of hydrogen-bond acceptors (Lipinski definition) is 5. The van der Waals surface area contributed by atoms with Crippen molar-refractivity contribution in [1.29, 1.82) is 0 Å². The third kappa shape index (κ3) is 3.23. The maximum atomic E-state index is 12.5. The smallest absolute Gasteiger partial charge is 0.324 e. The molecule has 140 valence electrons. The molecule has 27 heavy (non-hydrogen) atoms. The number of ketones is 1. The van der Waals surface area contributed by atoms with Gasteiger partial charge in [0.1, 0.15) is 22.6 Å². The van der Waals surface area contributed by atoms with Gasteiger partial charge in [0.2, 0.25) is 5.95 Å². The Morgan fingerprint density at radius 1 is 1.30 bits per heavy atom. The number of benzene rings is 1. The number of nitrogens with zero attached hydrogens (tertiary/aromatic N) is 4. The van der Waals surface area contributed by atoms with Crippen LogP contribution in [0.25, 0.3) is 22.2 Å². The molecule has 0 spiro atoms. The Morgan fingerprint density at radius 3 is 2.74 bits per heavy atom. The number of piperidine rings is 1. The predicted octanol–water partition coefficient (Wildman–Crippen LogP) is 2.17. The maximum Gasteiger partial charge on any atom is 0.324 e. The average molecular weight is 368 g/mol. The second-order valence-electron chi connectivity index (χ2n) is 6.48. The number of H-pyrrole nitrogens is 1. The highest BCUT2D eigenvalue weighted by molar-refractivity contribution is 5.98.